The number of hydrogen-bond acceptors (Lipinski definition) is 3. The van der Waals surface area contributed by atoms with Crippen molar-refractivity contribution in [2.24, 2.45) is 5.92 Å². The van der Waals surface area contributed by atoms with Crippen molar-refractivity contribution in [3.8, 4) is 5.75 Å². The Hall–Kier alpha value is -1.65. The van der Waals surface area contributed by atoms with E-state index in [9.17, 15) is 4.79 Å². The lowest BCUT2D eigenvalue weighted by atomic mass is 10.1. The molecule has 0 saturated heterocycles. The van der Waals surface area contributed by atoms with E-state index in [1.54, 1.807) is 6.20 Å². The van der Waals surface area contributed by atoms with E-state index in [1.165, 1.54) is 12.8 Å². The number of nitrogens with zero attached hydrogens (tertiary/aromatic N) is 1. The van der Waals surface area contributed by atoms with Crippen molar-refractivity contribution in [1.29, 1.82) is 0 Å². The first-order chi connectivity index (χ1) is 7.66. The number of likely N-dealkylation sites (N-methyl/N-ethyl adjacent to an activating group) is 1. The van der Waals surface area contributed by atoms with Crippen LogP contribution in [-0.4, -0.2) is 35.8 Å². The van der Waals surface area contributed by atoms with Crippen LogP contribution in [0.25, 0.3) is 0 Å². The van der Waals surface area contributed by atoms with Gasteiger partial charge < -0.3 is 19.7 Å². The van der Waals surface area contributed by atoms with Crippen molar-refractivity contribution in [3.63, 3.8) is 0 Å². The first-order valence-electron chi connectivity index (χ1n) is 5.49. The van der Waals surface area contributed by atoms with Gasteiger partial charge in [-0.25, -0.2) is 4.79 Å². The minimum Gasteiger partial charge on any atom is -0.484 e. The third-order valence-electron chi connectivity index (χ3n) is 3.29. The highest BCUT2D eigenvalue weighted by Crippen LogP contribution is 2.42. The van der Waals surface area contributed by atoms with Gasteiger partial charge in [0, 0.05) is 13.2 Å². The van der Waals surface area contributed by atoms with Gasteiger partial charge in [0.05, 0.1) is 6.54 Å². The highest BCUT2D eigenvalue weighted by atomic mass is 16.5. The van der Waals surface area contributed by atoms with E-state index < -0.39 is 5.97 Å². The molecule has 1 aliphatic carbocycles. The zero-order valence-corrected chi connectivity index (χ0v) is 9.06. The summed E-state index contributed by atoms with van der Waals surface area (Å²) in [5, 5.41) is 9.02. The summed E-state index contributed by atoms with van der Waals surface area (Å²) >= 11 is 0. The van der Waals surface area contributed by atoms with Crippen molar-refractivity contribution < 1.29 is 14.6 Å². The molecule has 2 aliphatic rings. The molecule has 1 saturated carbocycles. The molecule has 0 bridgehead atoms. The van der Waals surface area contributed by atoms with Crippen LogP contribution in [0.4, 0.5) is 5.69 Å². The number of nitrogens with one attached hydrogen (secondary N) is 1. The molecule has 2 heterocycles. The molecule has 5 heteroatoms. The van der Waals surface area contributed by atoms with Gasteiger partial charge in [-0.15, -0.1) is 0 Å². The van der Waals surface area contributed by atoms with E-state index in [-0.39, 0.29) is 11.8 Å². The van der Waals surface area contributed by atoms with Gasteiger partial charge >= 0.3 is 5.97 Å². The Morgan fingerprint density at radius 3 is 3.00 bits per heavy atom. The first kappa shape index (κ1) is 9.57. The zero-order chi connectivity index (χ0) is 11.3. The quantitative estimate of drug-likeness (QED) is 0.792. The number of fused-ring (bicyclic) bond motifs is 1. The lowest BCUT2D eigenvalue weighted by Gasteiger charge is -2.32. The van der Waals surface area contributed by atoms with E-state index >= 15 is 0 Å². The summed E-state index contributed by atoms with van der Waals surface area (Å²) in [5.41, 5.74) is 0.885. The van der Waals surface area contributed by atoms with Gasteiger partial charge in [-0.1, -0.05) is 0 Å². The number of carbonyl (C=O) groups is 1. The normalized spacial score (nSPS) is 23.8. The Kier molecular flexibility index (Phi) is 1.89. The predicted molar refractivity (Wildman–Crippen MR) is 58.2 cm³/mol. The molecule has 1 aliphatic heterocycles. The molecule has 1 unspecified atom stereocenters. The first-order valence-corrected chi connectivity index (χ1v) is 5.49. The van der Waals surface area contributed by atoms with Crippen LogP contribution in [0.3, 0.4) is 0 Å². The van der Waals surface area contributed by atoms with Crippen LogP contribution in [0, 0.1) is 5.92 Å². The zero-order valence-electron chi connectivity index (χ0n) is 9.06. The molecule has 0 radical (unpaired) electrons. The van der Waals surface area contributed by atoms with Gasteiger partial charge in [-0.3, -0.25) is 0 Å². The highest BCUT2D eigenvalue weighted by molar-refractivity contribution is 5.94. The number of aromatic carboxylic acids is 1. The van der Waals surface area contributed by atoms with Crippen molar-refractivity contribution in [2.75, 3.05) is 18.5 Å². The molecular formula is C11H14N2O3. The van der Waals surface area contributed by atoms with Crippen LogP contribution in [-0.2, 0) is 0 Å². The maximum atomic E-state index is 11.0. The molecule has 1 atom stereocenters. The summed E-state index contributed by atoms with van der Waals surface area (Å²) in [6.45, 7) is 0.774. The van der Waals surface area contributed by atoms with Gasteiger partial charge in [-0.2, -0.15) is 0 Å². The molecule has 0 aromatic carbocycles. The van der Waals surface area contributed by atoms with Gasteiger partial charge in [0.25, 0.3) is 0 Å². The van der Waals surface area contributed by atoms with Crippen molar-refractivity contribution in [2.45, 2.75) is 18.9 Å². The number of aromatic nitrogens is 1. The average Bonchev–Trinajstić information content (AvgIpc) is 2.98. The number of H-pyrrole nitrogens is 1. The number of anilines is 1. The smallest absolute Gasteiger partial charge is 0.354 e. The number of rotatable bonds is 2. The molecule has 0 spiro atoms. The topological polar surface area (TPSA) is 65.6 Å². The lowest BCUT2D eigenvalue weighted by Crippen LogP contribution is -2.39. The maximum Gasteiger partial charge on any atom is 0.354 e. The Labute approximate surface area is 93.0 Å². The molecule has 1 aromatic heterocycles. The third-order valence-corrected chi connectivity index (χ3v) is 3.29. The molecule has 0 amide bonds. The van der Waals surface area contributed by atoms with Crippen LogP contribution >= 0.6 is 0 Å². The Balaban J connectivity index is 1.94. The standard InChI is InChI=1S/C11H14N2O3/c1-13-5-8(6-2-3-6)16-7-4-12-9(10(7)13)11(14)15/h4,6,8,12H,2-3,5H2,1H3,(H,14,15). The van der Waals surface area contributed by atoms with Crippen LogP contribution < -0.4 is 9.64 Å². The molecule has 86 valence electrons. The number of carboxylic acid groups (broad SMARTS) is 1. The number of carboxylic acids is 1. The van der Waals surface area contributed by atoms with E-state index in [4.69, 9.17) is 9.84 Å². The second-order valence-corrected chi connectivity index (χ2v) is 4.56. The molecule has 5 nitrogen and oxygen atoms in total. The molecule has 3 rings (SSSR count). The summed E-state index contributed by atoms with van der Waals surface area (Å²) in [7, 11) is 1.91. The molecule has 1 aromatic rings. The van der Waals surface area contributed by atoms with Crippen LogP contribution in [0.2, 0.25) is 0 Å². The van der Waals surface area contributed by atoms with E-state index in [0.29, 0.717) is 17.4 Å². The van der Waals surface area contributed by atoms with Gasteiger partial charge in [0.2, 0.25) is 0 Å². The van der Waals surface area contributed by atoms with Crippen LogP contribution in [0.1, 0.15) is 23.3 Å². The van der Waals surface area contributed by atoms with E-state index in [2.05, 4.69) is 4.98 Å². The van der Waals surface area contributed by atoms with Crippen molar-refractivity contribution >= 4 is 11.7 Å². The minimum atomic E-state index is -0.943. The van der Waals surface area contributed by atoms with Crippen molar-refractivity contribution in [1.82, 2.24) is 4.98 Å². The fraction of sp³-hybridized carbons (Fsp3) is 0.545. The number of aromatic amines is 1. The van der Waals surface area contributed by atoms with Crippen LogP contribution in [0.5, 0.6) is 5.75 Å². The van der Waals surface area contributed by atoms with Gasteiger partial charge in [-0.05, 0) is 18.8 Å². The summed E-state index contributed by atoms with van der Waals surface area (Å²) in [6.07, 6.45) is 4.31. The highest BCUT2D eigenvalue weighted by Gasteiger charge is 2.38. The summed E-state index contributed by atoms with van der Waals surface area (Å²) in [5.74, 6) is 0.378. The monoisotopic (exact) mass is 222 g/mol. The number of ether oxygens (including phenoxy) is 1. The SMILES string of the molecule is CN1CC(C2CC2)Oc2c[nH]c(C(=O)O)c21. The van der Waals surface area contributed by atoms with Crippen LogP contribution in [0.15, 0.2) is 6.20 Å². The van der Waals surface area contributed by atoms with Crippen molar-refractivity contribution in [3.05, 3.63) is 11.9 Å². The average molecular weight is 222 g/mol. The summed E-state index contributed by atoms with van der Waals surface area (Å²) in [4.78, 5) is 15.7. The molecular weight excluding hydrogens is 208 g/mol. The van der Waals surface area contributed by atoms with Gasteiger partial charge in [0.1, 0.15) is 11.8 Å². The predicted octanol–water partition coefficient (Wildman–Crippen LogP) is 1.32. The Morgan fingerprint density at radius 2 is 2.38 bits per heavy atom. The number of hydrogen-bond donors (Lipinski definition) is 2. The Morgan fingerprint density at radius 1 is 1.62 bits per heavy atom. The lowest BCUT2D eigenvalue weighted by molar-refractivity contribution is 0.0691. The fourth-order valence-corrected chi connectivity index (χ4v) is 2.30. The molecule has 1 fully saturated rings. The molecule has 16 heavy (non-hydrogen) atoms. The van der Waals surface area contributed by atoms with E-state index in [0.717, 1.165) is 6.54 Å². The second kappa shape index (κ2) is 3.17. The third kappa shape index (κ3) is 1.35. The fourth-order valence-electron chi connectivity index (χ4n) is 2.30. The summed E-state index contributed by atoms with van der Waals surface area (Å²) < 4.78 is 5.82. The second-order valence-electron chi connectivity index (χ2n) is 4.56. The minimum absolute atomic E-state index is 0.215. The largest absolute Gasteiger partial charge is 0.484 e. The van der Waals surface area contributed by atoms with E-state index in [1.807, 2.05) is 11.9 Å². The maximum absolute atomic E-state index is 11.0. The Bertz CT molecular complexity index is 436. The molecule has 2 N–H and O–H groups in total. The van der Waals surface area contributed by atoms with Gasteiger partial charge in [0.15, 0.2) is 11.4 Å². The summed E-state index contributed by atoms with van der Waals surface area (Å²) in [6, 6.07) is 0.